The predicted octanol–water partition coefficient (Wildman–Crippen LogP) is 0.840. The Hall–Kier alpha value is -3.23. The second-order valence-electron chi connectivity index (χ2n) is 3.69. The van der Waals surface area contributed by atoms with Gasteiger partial charge in [-0.05, 0) is 6.07 Å². The number of phenolic OH excluding ortho intramolecular Hbond substituents is 1. The molecule has 0 saturated carbocycles. The first-order valence-corrected chi connectivity index (χ1v) is 5.27. The van der Waals surface area contributed by atoms with Crippen LogP contribution in [0.1, 0.15) is 5.56 Å². The maximum Gasteiger partial charge on any atom is 0.270 e. The summed E-state index contributed by atoms with van der Waals surface area (Å²) in [6.45, 7) is 0. The third-order valence-corrected chi connectivity index (χ3v) is 2.26. The highest BCUT2D eigenvalue weighted by Crippen LogP contribution is 2.21. The number of nitro groups is 1. The van der Waals surface area contributed by atoms with Crippen molar-refractivity contribution < 1.29 is 15.1 Å². The molecule has 0 aliphatic rings. The van der Waals surface area contributed by atoms with Crippen molar-refractivity contribution in [2.75, 3.05) is 0 Å². The lowest BCUT2D eigenvalue weighted by atomic mass is 10.2. The molecule has 0 unspecified atom stereocenters. The van der Waals surface area contributed by atoms with Crippen LogP contribution in [0, 0.1) is 10.1 Å². The zero-order valence-electron chi connectivity index (χ0n) is 9.85. The van der Waals surface area contributed by atoms with Crippen LogP contribution in [0.2, 0.25) is 0 Å². The Labute approximate surface area is 111 Å². The SMILES string of the molecule is O=c1cc(O)nc(/N=C/c2cc([N+](=O)[O-])ccc2O)[nH]1. The van der Waals surface area contributed by atoms with Crippen molar-refractivity contribution in [3.8, 4) is 11.6 Å². The number of nitrogens with zero attached hydrogens (tertiary/aromatic N) is 3. The summed E-state index contributed by atoms with van der Waals surface area (Å²) in [5.41, 5.74) is -0.750. The second kappa shape index (κ2) is 5.18. The molecule has 0 radical (unpaired) electrons. The average molecular weight is 276 g/mol. The van der Waals surface area contributed by atoms with E-state index in [0.717, 1.165) is 30.5 Å². The van der Waals surface area contributed by atoms with Crippen LogP contribution in [0.3, 0.4) is 0 Å². The van der Waals surface area contributed by atoms with E-state index in [1.165, 1.54) is 0 Å². The van der Waals surface area contributed by atoms with Gasteiger partial charge in [-0.2, -0.15) is 4.98 Å². The maximum atomic E-state index is 11.1. The fourth-order valence-electron chi connectivity index (χ4n) is 1.38. The zero-order chi connectivity index (χ0) is 14.7. The zero-order valence-corrected chi connectivity index (χ0v) is 9.85. The first-order valence-electron chi connectivity index (χ1n) is 5.27. The quantitative estimate of drug-likeness (QED) is 0.430. The number of non-ortho nitro benzene ring substituents is 1. The molecule has 0 fully saturated rings. The summed E-state index contributed by atoms with van der Waals surface area (Å²) in [4.78, 5) is 30.5. The molecule has 0 saturated heterocycles. The van der Waals surface area contributed by atoms with Gasteiger partial charge >= 0.3 is 0 Å². The molecular formula is C11H8N4O5. The van der Waals surface area contributed by atoms with Crippen LogP contribution in [0.25, 0.3) is 0 Å². The second-order valence-corrected chi connectivity index (χ2v) is 3.69. The number of aromatic hydroxyl groups is 2. The van der Waals surface area contributed by atoms with Crippen molar-refractivity contribution in [1.82, 2.24) is 9.97 Å². The Kier molecular flexibility index (Phi) is 3.42. The number of nitro benzene ring substituents is 1. The van der Waals surface area contributed by atoms with Crippen LogP contribution in [0.4, 0.5) is 11.6 Å². The van der Waals surface area contributed by atoms with E-state index in [-0.39, 0.29) is 22.9 Å². The van der Waals surface area contributed by atoms with Crippen LogP contribution in [0.15, 0.2) is 34.1 Å². The van der Waals surface area contributed by atoms with E-state index in [4.69, 9.17) is 5.11 Å². The van der Waals surface area contributed by atoms with Gasteiger partial charge in [-0.15, -0.1) is 0 Å². The van der Waals surface area contributed by atoms with E-state index in [2.05, 4.69) is 15.0 Å². The van der Waals surface area contributed by atoms with E-state index in [1.807, 2.05) is 0 Å². The molecule has 1 aromatic carbocycles. The van der Waals surface area contributed by atoms with Crippen molar-refractivity contribution in [2.24, 2.45) is 4.99 Å². The minimum Gasteiger partial charge on any atom is -0.507 e. The number of H-pyrrole nitrogens is 1. The fourth-order valence-corrected chi connectivity index (χ4v) is 1.38. The molecule has 0 bridgehead atoms. The Balaban J connectivity index is 2.38. The Bertz CT molecular complexity index is 753. The smallest absolute Gasteiger partial charge is 0.270 e. The first-order chi connectivity index (χ1) is 9.45. The third kappa shape index (κ3) is 2.96. The normalized spacial score (nSPS) is 10.8. The Morgan fingerprint density at radius 3 is 2.75 bits per heavy atom. The summed E-state index contributed by atoms with van der Waals surface area (Å²) in [7, 11) is 0. The lowest BCUT2D eigenvalue weighted by Gasteiger charge is -1.98. The molecule has 0 aliphatic heterocycles. The summed E-state index contributed by atoms with van der Waals surface area (Å²) in [5.74, 6) is -0.924. The number of phenols is 1. The van der Waals surface area contributed by atoms with Crippen molar-refractivity contribution in [1.29, 1.82) is 0 Å². The van der Waals surface area contributed by atoms with Crippen LogP contribution in [-0.4, -0.2) is 31.3 Å². The fraction of sp³-hybridized carbons (Fsp3) is 0. The van der Waals surface area contributed by atoms with Gasteiger partial charge < -0.3 is 10.2 Å². The first kappa shape index (κ1) is 13.2. The van der Waals surface area contributed by atoms with E-state index >= 15 is 0 Å². The summed E-state index contributed by atoms with van der Waals surface area (Å²) in [6, 6.07) is 4.27. The summed E-state index contributed by atoms with van der Waals surface area (Å²) >= 11 is 0. The van der Waals surface area contributed by atoms with Gasteiger partial charge in [0, 0.05) is 23.9 Å². The standard InChI is InChI=1S/C11H8N4O5/c16-8-2-1-7(15(19)20)3-6(8)5-12-11-13-9(17)4-10(18)14-11/h1-5,16H,(H2,13,14,17,18)/b12-5+. The molecule has 102 valence electrons. The van der Waals surface area contributed by atoms with Crippen molar-refractivity contribution in [3.05, 3.63) is 50.3 Å². The summed E-state index contributed by atoms with van der Waals surface area (Å²) in [6.07, 6.45) is 1.08. The van der Waals surface area contributed by atoms with E-state index in [0.29, 0.717) is 0 Å². The molecule has 20 heavy (non-hydrogen) atoms. The molecule has 0 spiro atoms. The highest BCUT2D eigenvalue weighted by Gasteiger charge is 2.08. The molecule has 0 atom stereocenters. The van der Waals surface area contributed by atoms with Crippen molar-refractivity contribution in [2.45, 2.75) is 0 Å². The number of hydrogen-bond acceptors (Lipinski definition) is 7. The number of aromatic amines is 1. The lowest BCUT2D eigenvalue weighted by Crippen LogP contribution is -2.03. The molecule has 9 heteroatoms. The molecule has 2 rings (SSSR count). The third-order valence-electron chi connectivity index (χ3n) is 2.26. The molecule has 1 aromatic heterocycles. The number of hydrogen-bond donors (Lipinski definition) is 3. The number of aliphatic imine (C=N–C) groups is 1. The lowest BCUT2D eigenvalue weighted by molar-refractivity contribution is -0.384. The largest absolute Gasteiger partial charge is 0.507 e. The monoisotopic (exact) mass is 276 g/mol. The van der Waals surface area contributed by atoms with Gasteiger partial charge in [-0.3, -0.25) is 19.9 Å². The van der Waals surface area contributed by atoms with Gasteiger partial charge in [-0.1, -0.05) is 0 Å². The number of rotatable bonds is 3. The van der Waals surface area contributed by atoms with Crippen LogP contribution in [-0.2, 0) is 0 Å². The van der Waals surface area contributed by atoms with E-state index in [1.54, 1.807) is 0 Å². The average Bonchev–Trinajstić information content (AvgIpc) is 2.36. The van der Waals surface area contributed by atoms with Crippen LogP contribution >= 0.6 is 0 Å². The topological polar surface area (TPSA) is 142 Å². The van der Waals surface area contributed by atoms with Gasteiger partial charge in [0.05, 0.1) is 11.0 Å². The summed E-state index contributed by atoms with van der Waals surface area (Å²) in [5, 5.41) is 29.3. The van der Waals surface area contributed by atoms with Crippen molar-refractivity contribution >= 4 is 17.9 Å². The van der Waals surface area contributed by atoms with Gasteiger partial charge in [0.25, 0.3) is 11.2 Å². The van der Waals surface area contributed by atoms with Crippen LogP contribution < -0.4 is 5.56 Å². The number of aromatic nitrogens is 2. The van der Waals surface area contributed by atoms with E-state index < -0.39 is 16.4 Å². The molecule has 0 amide bonds. The minimum absolute atomic E-state index is 0.0743. The van der Waals surface area contributed by atoms with Crippen molar-refractivity contribution in [3.63, 3.8) is 0 Å². The van der Waals surface area contributed by atoms with Gasteiger partial charge in [-0.25, -0.2) is 4.99 Å². The summed E-state index contributed by atoms with van der Waals surface area (Å²) < 4.78 is 0. The molecular weight excluding hydrogens is 268 g/mol. The molecule has 3 N–H and O–H groups in total. The molecule has 9 nitrogen and oxygen atoms in total. The number of nitrogens with one attached hydrogen (secondary N) is 1. The molecule has 2 aromatic rings. The highest BCUT2D eigenvalue weighted by atomic mass is 16.6. The van der Waals surface area contributed by atoms with Gasteiger partial charge in [0.1, 0.15) is 5.75 Å². The van der Waals surface area contributed by atoms with Gasteiger partial charge in [0.15, 0.2) is 0 Å². The maximum absolute atomic E-state index is 11.1. The predicted molar refractivity (Wildman–Crippen MR) is 68.5 cm³/mol. The van der Waals surface area contributed by atoms with E-state index in [9.17, 15) is 20.0 Å². The molecule has 0 aliphatic carbocycles. The number of benzene rings is 1. The Morgan fingerprint density at radius 1 is 1.35 bits per heavy atom. The Morgan fingerprint density at radius 2 is 2.10 bits per heavy atom. The minimum atomic E-state index is -0.620. The highest BCUT2D eigenvalue weighted by molar-refractivity contribution is 5.85. The molecule has 1 heterocycles. The van der Waals surface area contributed by atoms with Gasteiger partial charge in [0.2, 0.25) is 11.8 Å². The van der Waals surface area contributed by atoms with Crippen LogP contribution in [0.5, 0.6) is 11.6 Å².